The van der Waals surface area contributed by atoms with E-state index in [0.717, 1.165) is 24.8 Å². The third kappa shape index (κ3) is 18.8. The molecule has 0 aliphatic heterocycles. The number of hydrogen-bond donors (Lipinski definition) is 1. The fraction of sp³-hybridized carbons (Fsp3) is 0.364. The first-order chi connectivity index (χ1) is 14.1. The molecule has 0 heterocycles. The van der Waals surface area contributed by atoms with Crippen LogP contribution in [0.3, 0.4) is 0 Å². The number of aliphatic carboxylic acids is 1. The number of carboxylic acids is 1. The number of hydrogen-bond acceptors (Lipinski definition) is 6. The van der Waals surface area contributed by atoms with Crippen LogP contribution < -0.4 is 29.6 Å². The van der Waals surface area contributed by atoms with Gasteiger partial charge in [-0.1, -0.05) is 74.9 Å². The van der Waals surface area contributed by atoms with Crippen molar-refractivity contribution < 1.29 is 62.0 Å². The number of rotatable bonds is 11. The van der Waals surface area contributed by atoms with E-state index in [2.05, 4.69) is 18.2 Å². The van der Waals surface area contributed by atoms with Gasteiger partial charge in [-0.05, 0) is 25.3 Å². The third-order valence-corrected chi connectivity index (χ3v) is 4.29. The van der Waals surface area contributed by atoms with Crippen LogP contribution in [0.4, 0.5) is 0 Å². The summed E-state index contributed by atoms with van der Waals surface area (Å²) in [5, 5.41) is 9.07. The van der Waals surface area contributed by atoms with Gasteiger partial charge in [-0.25, -0.2) is 18.0 Å². The maximum Gasteiger partial charge on any atom is 1.00 e. The predicted octanol–water partition coefficient (Wildman–Crippen LogP) is 0.946. The third-order valence-electron chi connectivity index (χ3n) is 3.62. The molecule has 0 bridgehead atoms. The zero-order valence-electron chi connectivity index (χ0n) is 18.4. The molecule has 0 aliphatic rings. The fourth-order valence-corrected chi connectivity index (χ4v) is 2.31. The summed E-state index contributed by atoms with van der Waals surface area (Å²) in [5.41, 5.74) is 1.72. The van der Waals surface area contributed by atoms with Gasteiger partial charge in [-0.3, -0.25) is 0 Å². The van der Waals surface area contributed by atoms with Gasteiger partial charge in [-0.15, -0.1) is 0 Å². The minimum absolute atomic E-state index is 0. The second-order valence-corrected chi connectivity index (χ2v) is 7.93. The molecular formula is C22H29NaO7S. The first-order valence-electron chi connectivity index (χ1n) is 9.48. The van der Waals surface area contributed by atoms with Gasteiger partial charge in [0.15, 0.2) is 0 Å². The monoisotopic (exact) mass is 460 g/mol. The summed E-state index contributed by atoms with van der Waals surface area (Å²) < 4.78 is 34.4. The summed E-state index contributed by atoms with van der Waals surface area (Å²) >= 11 is 0. The first kappa shape index (κ1) is 31.5. The molecule has 1 rings (SSSR count). The second-order valence-electron chi connectivity index (χ2n) is 6.40. The van der Waals surface area contributed by atoms with E-state index in [1.54, 1.807) is 6.08 Å². The van der Waals surface area contributed by atoms with Crippen LogP contribution in [0.5, 0.6) is 0 Å². The molecule has 0 atom stereocenters. The van der Waals surface area contributed by atoms with Crippen LogP contribution in [-0.4, -0.2) is 42.4 Å². The zero-order chi connectivity index (χ0) is 23.0. The molecule has 0 aliphatic carbocycles. The Bertz CT molecular complexity index is 844. The maximum atomic E-state index is 11.0. The smallest absolute Gasteiger partial charge is 0.748 e. The minimum Gasteiger partial charge on any atom is -0.748 e. The molecule has 7 nitrogen and oxygen atoms in total. The van der Waals surface area contributed by atoms with Crippen LogP contribution in [-0.2, 0) is 24.4 Å². The standard InChI is InChI=1S/C16H20O2.C6H10O5S.Na/c1-2-3-5-12-15(16(17)18)13-8-11-14-9-6-4-7-10-14;1-5(2)6(7)11-3-4-12(8,9)10;/h4,6-11,13H,2-3,5,12H2,1H3,(H,17,18);1,3-4H2,2H3,(H,8,9,10);/q;;+1/p-1. The largest absolute Gasteiger partial charge is 1.00 e. The van der Waals surface area contributed by atoms with E-state index in [1.165, 1.54) is 6.92 Å². The van der Waals surface area contributed by atoms with Crippen molar-refractivity contribution in [3.8, 4) is 0 Å². The van der Waals surface area contributed by atoms with Gasteiger partial charge in [-0.2, -0.15) is 0 Å². The molecule has 166 valence electrons. The van der Waals surface area contributed by atoms with E-state index in [-0.39, 0.29) is 35.1 Å². The van der Waals surface area contributed by atoms with Crippen LogP contribution >= 0.6 is 0 Å². The van der Waals surface area contributed by atoms with E-state index >= 15 is 0 Å². The first-order valence-corrected chi connectivity index (χ1v) is 11.1. The number of carboxylic acid groups (broad SMARTS) is 1. The van der Waals surface area contributed by atoms with Crippen molar-refractivity contribution in [2.75, 3.05) is 12.4 Å². The molecule has 0 saturated carbocycles. The van der Waals surface area contributed by atoms with Gasteiger partial charge in [0.25, 0.3) is 0 Å². The van der Waals surface area contributed by atoms with Crippen LogP contribution in [0.2, 0.25) is 0 Å². The number of allylic oxidation sites excluding steroid dienone is 2. The average molecular weight is 461 g/mol. The SMILES string of the molecule is C=C(C)C(=O)OCCS(=O)(=O)[O-].CCCCCC(=CC=Cc1ccccc1)C(=O)O.[Na+]. The molecule has 0 fully saturated rings. The quantitative estimate of drug-likeness (QED) is 0.130. The number of carbonyl (C=O) groups excluding carboxylic acids is 1. The number of benzene rings is 1. The van der Waals surface area contributed by atoms with Gasteiger partial charge in [0.2, 0.25) is 0 Å². The van der Waals surface area contributed by atoms with Gasteiger partial charge >= 0.3 is 41.5 Å². The van der Waals surface area contributed by atoms with E-state index in [9.17, 15) is 22.6 Å². The summed E-state index contributed by atoms with van der Waals surface area (Å²) in [5.74, 6) is -2.21. The summed E-state index contributed by atoms with van der Waals surface area (Å²) in [6.07, 6.45) is 9.19. The number of esters is 1. The Kier molecular flexibility index (Phi) is 18.2. The molecule has 0 spiro atoms. The second kappa shape index (κ2) is 17.9. The number of carbonyl (C=O) groups is 2. The van der Waals surface area contributed by atoms with E-state index in [1.807, 2.05) is 42.5 Å². The van der Waals surface area contributed by atoms with Crippen molar-refractivity contribution in [3.63, 3.8) is 0 Å². The van der Waals surface area contributed by atoms with Crippen LogP contribution in [0.1, 0.15) is 45.1 Å². The van der Waals surface area contributed by atoms with Crippen molar-refractivity contribution in [2.24, 2.45) is 0 Å². The van der Waals surface area contributed by atoms with Crippen molar-refractivity contribution in [1.29, 1.82) is 0 Å². The topological polar surface area (TPSA) is 121 Å². The zero-order valence-corrected chi connectivity index (χ0v) is 21.2. The normalized spacial score (nSPS) is 11.1. The Morgan fingerprint density at radius 1 is 1.19 bits per heavy atom. The Morgan fingerprint density at radius 3 is 2.29 bits per heavy atom. The van der Waals surface area contributed by atoms with Crippen molar-refractivity contribution in [1.82, 2.24) is 0 Å². The molecule has 0 saturated heterocycles. The van der Waals surface area contributed by atoms with E-state index in [4.69, 9.17) is 5.11 Å². The average Bonchev–Trinajstić information content (AvgIpc) is 2.67. The van der Waals surface area contributed by atoms with Crippen molar-refractivity contribution in [3.05, 3.63) is 65.8 Å². The molecule has 1 N–H and O–H groups in total. The Balaban J connectivity index is 0. The molecule has 1 aromatic rings. The van der Waals surface area contributed by atoms with Gasteiger partial charge < -0.3 is 14.4 Å². The molecule has 0 aromatic heterocycles. The van der Waals surface area contributed by atoms with Gasteiger partial charge in [0.05, 0.1) is 15.9 Å². The molecule has 1 aromatic carbocycles. The van der Waals surface area contributed by atoms with Crippen LogP contribution in [0, 0.1) is 0 Å². The number of unbranched alkanes of at least 4 members (excludes halogenated alkanes) is 2. The number of ether oxygens (including phenoxy) is 1. The Labute approximate surface area is 206 Å². The summed E-state index contributed by atoms with van der Waals surface area (Å²) in [6.45, 7) is 6.38. The van der Waals surface area contributed by atoms with Crippen LogP contribution in [0.25, 0.3) is 6.08 Å². The molecule has 0 radical (unpaired) electrons. The van der Waals surface area contributed by atoms with Gasteiger partial charge in [0, 0.05) is 11.1 Å². The predicted molar refractivity (Wildman–Crippen MR) is 116 cm³/mol. The minimum atomic E-state index is -4.30. The molecule has 0 amide bonds. The van der Waals surface area contributed by atoms with E-state index < -0.39 is 34.4 Å². The molecular weight excluding hydrogens is 431 g/mol. The fourth-order valence-electron chi connectivity index (χ4n) is 2.03. The Morgan fingerprint density at radius 2 is 1.81 bits per heavy atom. The van der Waals surface area contributed by atoms with E-state index in [0.29, 0.717) is 12.0 Å². The summed E-state index contributed by atoms with van der Waals surface area (Å²) in [7, 11) is -4.30. The summed E-state index contributed by atoms with van der Waals surface area (Å²) in [4.78, 5) is 21.6. The maximum absolute atomic E-state index is 11.0. The molecule has 9 heteroatoms. The van der Waals surface area contributed by atoms with Crippen molar-refractivity contribution in [2.45, 2.75) is 39.5 Å². The van der Waals surface area contributed by atoms with Crippen LogP contribution in [0.15, 0.2) is 60.2 Å². The van der Waals surface area contributed by atoms with Gasteiger partial charge in [0.1, 0.15) is 6.61 Å². The molecule has 31 heavy (non-hydrogen) atoms. The molecule has 0 unspecified atom stereocenters. The van der Waals surface area contributed by atoms with Crippen molar-refractivity contribution >= 4 is 28.1 Å². The Hall–Kier alpha value is -1.71. The summed E-state index contributed by atoms with van der Waals surface area (Å²) in [6, 6.07) is 9.86.